The number of sulfone groups is 1. The van der Waals surface area contributed by atoms with Crippen molar-refractivity contribution in [3.05, 3.63) is 63.9 Å². The monoisotopic (exact) mass is 388 g/mol. The molecule has 0 aliphatic heterocycles. The van der Waals surface area contributed by atoms with Gasteiger partial charge in [-0.15, -0.1) is 0 Å². The Hall–Kier alpha value is -2.12. The van der Waals surface area contributed by atoms with E-state index in [-0.39, 0.29) is 11.3 Å². The van der Waals surface area contributed by atoms with Crippen LogP contribution in [0.25, 0.3) is 16.6 Å². The van der Waals surface area contributed by atoms with E-state index in [2.05, 4.69) is 4.98 Å². The van der Waals surface area contributed by atoms with Gasteiger partial charge >= 0.3 is 0 Å². The molecule has 0 atom stereocenters. The van der Waals surface area contributed by atoms with Crippen LogP contribution in [0.5, 0.6) is 0 Å². The summed E-state index contributed by atoms with van der Waals surface area (Å²) in [6.45, 7) is 3.95. The van der Waals surface area contributed by atoms with Crippen LogP contribution < -0.4 is 5.56 Å². The topological polar surface area (TPSA) is 69.0 Å². The number of hydrogen-bond acceptors (Lipinski definition) is 5. The van der Waals surface area contributed by atoms with Crippen molar-refractivity contribution in [2.75, 3.05) is 17.8 Å². The van der Waals surface area contributed by atoms with E-state index >= 15 is 0 Å². The summed E-state index contributed by atoms with van der Waals surface area (Å²) in [6.07, 6.45) is 1.21. The number of rotatable bonds is 5. The third-order valence-corrected chi connectivity index (χ3v) is 6.17. The SMILES string of the molecule is Cc1ccc(-n2c(SCCS(C)(=O)=O)nc3ccccc3c2=O)c(C)c1. The molecule has 26 heavy (non-hydrogen) atoms. The smallest absolute Gasteiger partial charge is 0.266 e. The average molecular weight is 389 g/mol. The summed E-state index contributed by atoms with van der Waals surface area (Å²) >= 11 is 1.28. The van der Waals surface area contributed by atoms with E-state index in [1.807, 2.05) is 44.2 Å². The lowest BCUT2D eigenvalue weighted by atomic mass is 10.1. The highest BCUT2D eigenvalue weighted by Crippen LogP contribution is 2.23. The minimum atomic E-state index is -3.07. The molecule has 0 N–H and O–H groups in total. The number of benzene rings is 2. The highest BCUT2D eigenvalue weighted by molar-refractivity contribution is 8.00. The van der Waals surface area contributed by atoms with Gasteiger partial charge in [0.1, 0.15) is 9.84 Å². The van der Waals surface area contributed by atoms with Gasteiger partial charge in [0.05, 0.1) is 22.3 Å². The predicted molar refractivity (Wildman–Crippen MR) is 107 cm³/mol. The fourth-order valence-electron chi connectivity index (χ4n) is 2.76. The van der Waals surface area contributed by atoms with Crippen molar-refractivity contribution in [2.45, 2.75) is 19.0 Å². The number of thioether (sulfide) groups is 1. The number of aryl methyl sites for hydroxylation is 2. The maximum Gasteiger partial charge on any atom is 0.266 e. The van der Waals surface area contributed by atoms with E-state index in [0.717, 1.165) is 16.8 Å². The molecule has 0 radical (unpaired) electrons. The van der Waals surface area contributed by atoms with Gasteiger partial charge in [-0.05, 0) is 37.6 Å². The van der Waals surface area contributed by atoms with Gasteiger partial charge in [-0.2, -0.15) is 0 Å². The number of para-hydroxylation sites is 1. The molecule has 0 aliphatic carbocycles. The molecule has 0 unspecified atom stereocenters. The Morgan fingerprint density at radius 2 is 1.85 bits per heavy atom. The molecule has 7 heteroatoms. The fourth-order valence-corrected chi connectivity index (χ4v) is 4.96. The Balaban J connectivity index is 2.19. The molecule has 3 rings (SSSR count). The van der Waals surface area contributed by atoms with Crippen LogP contribution in [0.2, 0.25) is 0 Å². The van der Waals surface area contributed by atoms with Crippen LogP contribution in [-0.4, -0.2) is 35.7 Å². The van der Waals surface area contributed by atoms with E-state index in [0.29, 0.717) is 21.8 Å². The Morgan fingerprint density at radius 1 is 1.12 bits per heavy atom. The zero-order valence-electron chi connectivity index (χ0n) is 14.9. The quantitative estimate of drug-likeness (QED) is 0.496. The Morgan fingerprint density at radius 3 is 2.54 bits per heavy atom. The summed E-state index contributed by atoms with van der Waals surface area (Å²) in [7, 11) is -3.07. The minimum Gasteiger partial charge on any atom is -0.268 e. The van der Waals surface area contributed by atoms with Gasteiger partial charge < -0.3 is 0 Å². The van der Waals surface area contributed by atoms with Crippen molar-refractivity contribution >= 4 is 32.5 Å². The molecule has 0 fully saturated rings. The maximum atomic E-state index is 13.1. The van der Waals surface area contributed by atoms with Crippen LogP contribution in [-0.2, 0) is 9.84 Å². The molecule has 2 aromatic carbocycles. The molecule has 0 saturated heterocycles. The second-order valence-electron chi connectivity index (χ2n) is 6.32. The van der Waals surface area contributed by atoms with Crippen molar-refractivity contribution in [1.82, 2.24) is 9.55 Å². The van der Waals surface area contributed by atoms with Crippen molar-refractivity contribution < 1.29 is 8.42 Å². The normalized spacial score (nSPS) is 11.8. The van der Waals surface area contributed by atoms with E-state index in [1.54, 1.807) is 16.7 Å². The molecule has 1 heterocycles. The lowest BCUT2D eigenvalue weighted by Crippen LogP contribution is -2.23. The molecule has 3 aromatic rings. The van der Waals surface area contributed by atoms with Crippen LogP contribution in [0, 0.1) is 13.8 Å². The van der Waals surface area contributed by atoms with Crippen molar-refractivity contribution in [3.8, 4) is 5.69 Å². The van der Waals surface area contributed by atoms with Gasteiger partial charge in [-0.3, -0.25) is 9.36 Å². The first-order valence-electron chi connectivity index (χ1n) is 8.16. The third-order valence-electron chi connectivity index (χ3n) is 4.02. The van der Waals surface area contributed by atoms with Gasteiger partial charge in [-0.1, -0.05) is 41.6 Å². The van der Waals surface area contributed by atoms with Crippen LogP contribution in [0.4, 0.5) is 0 Å². The molecule has 0 saturated carbocycles. The van der Waals surface area contributed by atoms with Crippen molar-refractivity contribution in [2.24, 2.45) is 0 Å². The number of hydrogen-bond donors (Lipinski definition) is 0. The maximum absolute atomic E-state index is 13.1. The van der Waals surface area contributed by atoms with Gasteiger partial charge in [0.15, 0.2) is 5.16 Å². The van der Waals surface area contributed by atoms with Crippen molar-refractivity contribution in [1.29, 1.82) is 0 Å². The summed E-state index contributed by atoms with van der Waals surface area (Å²) in [4.78, 5) is 17.8. The highest BCUT2D eigenvalue weighted by atomic mass is 32.2. The number of fused-ring (bicyclic) bond motifs is 1. The third kappa shape index (κ3) is 3.99. The van der Waals surface area contributed by atoms with E-state index in [9.17, 15) is 13.2 Å². The van der Waals surface area contributed by atoms with Crippen LogP contribution in [0.1, 0.15) is 11.1 Å². The predicted octanol–water partition coefficient (Wildman–Crippen LogP) is 3.14. The van der Waals surface area contributed by atoms with Crippen molar-refractivity contribution in [3.63, 3.8) is 0 Å². The summed E-state index contributed by atoms with van der Waals surface area (Å²) in [5.74, 6) is 0.377. The zero-order chi connectivity index (χ0) is 18.9. The average Bonchev–Trinajstić information content (AvgIpc) is 2.55. The fraction of sp³-hybridized carbons (Fsp3) is 0.263. The van der Waals surface area contributed by atoms with Crippen LogP contribution in [0.15, 0.2) is 52.4 Å². The molecule has 0 amide bonds. The standard InChI is InChI=1S/C19H20N2O3S2/c1-13-8-9-17(14(2)12-13)21-18(22)15-6-4-5-7-16(15)20-19(21)25-10-11-26(3,23)24/h4-9,12H,10-11H2,1-3H3. The van der Waals surface area contributed by atoms with Gasteiger partial charge in [-0.25, -0.2) is 13.4 Å². The molecule has 0 spiro atoms. The second kappa shape index (κ2) is 7.25. The molecular weight excluding hydrogens is 368 g/mol. The minimum absolute atomic E-state index is 0.0350. The van der Waals surface area contributed by atoms with Gasteiger partial charge in [0.2, 0.25) is 0 Å². The van der Waals surface area contributed by atoms with Gasteiger partial charge in [0, 0.05) is 12.0 Å². The first-order valence-corrected chi connectivity index (χ1v) is 11.2. The van der Waals surface area contributed by atoms with E-state index in [1.165, 1.54) is 18.0 Å². The summed E-state index contributed by atoms with van der Waals surface area (Å²) in [5.41, 5.74) is 3.30. The summed E-state index contributed by atoms with van der Waals surface area (Å²) in [5, 5.41) is 1.05. The first kappa shape index (κ1) is 18.7. The Bertz CT molecular complexity index is 1140. The van der Waals surface area contributed by atoms with E-state index in [4.69, 9.17) is 0 Å². The Kier molecular flexibility index (Phi) is 5.20. The molecule has 1 aromatic heterocycles. The largest absolute Gasteiger partial charge is 0.268 e. The number of aromatic nitrogens is 2. The summed E-state index contributed by atoms with van der Waals surface area (Å²) in [6, 6.07) is 13.1. The summed E-state index contributed by atoms with van der Waals surface area (Å²) < 4.78 is 24.5. The molecular formula is C19H20N2O3S2. The molecule has 0 aliphatic rings. The Labute approximate surface area is 157 Å². The lowest BCUT2D eigenvalue weighted by molar-refractivity contribution is 0.603. The second-order valence-corrected chi connectivity index (χ2v) is 9.64. The molecule has 5 nitrogen and oxygen atoms in total. The van der Waals surface area contributed by atoms with E-state index < -0.39 is 9.84 Å². The first-order chi connectivity index (χ1) is 12.3. The van der Waals surface area contributed by atoms with Crippen LogP contribution >= 0.6 is 11.8 Å². The lowest BCUT2D eigenvalue weighted by Gasteiger charge is -2.15. The molecule has 0 bridgehead atoms. The van der Waals surface area contributed by atoms with Gasteiger partial charge in [0.25, 0.3) is 5.56 Å². The van der Waals surface area contributed by atoms with Crippen LogP contribution in [0.3, 0.4) is 0 Å². The highest BCUT2D eigenvalue weighted by Gasteiger charge is 2.15. The zero-order valence-corrected chi connectivity index (χ0v) is 16.5. The number of nitrogens with zero attached hydrogens (tertiary/aromatic N) is 2. The molecule has 136 valence electrons.